The number of anilines is 1. The molecule has 1 amide bonds. The van der Waals surface area contributed by atoms with Crippen molar-refractivity contribution >= 4 is 17.3 Å². The molecule has 110 valence electrons. The minimum absolute atomic E-state index is 0.122. The maximum absolute atomic E-state index is 12.2. The number of nitrogens with zero attached hydrogens (tertiary/aromatic N) is 2. The van der Waals surface area contributed by atoms with Crippen molar-refractivity contribution in [2.45, 2.75) is 6.54 Å². The molecule has 0 spiro atoms. The Balaban J connectivity index is 2.24. The van der Waals surface area contributed by atoms with E-state index in [2.05, 4.69) is 5.32 Å². The van der Waals surface area contributed by atoms with Gasteiger partial charge in [-0.3, -0.25) is 14.9 Å². The Morgan fingerprint density at radius 1 is 1.38 bits per heavy atom. The molecule has 0 atom stereocenters. The highest BCUT2D eigenvalue weighted by Gasteiger charge is 2.17. The van der Waals surface area contributed by atoms with Crippen molar-refractivity contribution in [2.24, 2.45) is 0 Å². The van der Waals surface area contributed by atoms with E-state index >= 15 is 0 Å². The second kappa shape index (κ2) is 6.08. The maximum Gasteiger partial charge on any atom is 0.270 e. The highest BCUT2D eigenvalue weighted by molar-refractivity contribution is 6.00. The minimum atomic E-state index is -0.525. The van der Waals surface area contributed by atoms with E-state index in [1.54, 1.807) is 37.2 Å². The Morgan fingerprint density at radius 2 is 2.14 bits per heavy atom. The number of nitro groups is 1. The van der Waals surface area contributed by atoms with Crippen LogP contribution in [0.4, 0.5) is 11.4 Å². The van der Waals surface area contributed by atoms with Crippen LogP contribution in [-0.2, 0) is 6.54 Å². The molecule has 7 nitrogen and oxygen atoms in total. The lowest BCUT2D eigenvalue weighted by atomic mass is 10.1. The van der Waals surface area contributed by atoms with E-state index < -0.39 is 4.92 Å². The highest BCUT2D eigenvalue weighted by Crippen LogP contribution is 2.24. The topological polar surface area (TPSA) is 88.6 Å². The lowest BCUT2D eigenvalue weighted by Gasteiger charge is -2.16. The van der Waals surface area contributed by atoms with E-state index in [0.29, 0.717) is 11.4 Å². The second-order valence-corrected chi connectivity index (χ2v) is 4.62. The van der Waals surface area contributed by atoms with E-state index in [0.717, 1.165) is 0 Å². The molecule has 2 aromatic rings. The van der Waals surface area contributed by atoms with Gasteiger partial charge in [0.25, 0.3) is 11.6 Å². The van der Waals surface area contributed by atoms with Crippen LogP contribution in [0.3, 0.4) is 0 Å². The number of rotatable bonds is 5. The molecule has 0 bridgehead atoms. The van der Waals surface area contributed by atoms with E-state index in [1.165, 1.54) is 18.4 Å². The minimum Gasteiger partial charge on any atom is -0.467 e. The van der Waals surface area contributed by atoms with E-state index in [4.69, 9.17) is 4.42 Å². The number of benzene rings is 1. The summed E-state index contributed by atoms with van der Waals surface area (Å²) in [6.07, 6.45) is 1.51. The Labute approximate surface area is 121 Å². The number of nitro benzene ring substituents is 1. The predicted octanol–water partition coefficient (Wildman–Crippen LogP) is 2.18. The number of nitrogens with one attached hydrogen (secondary N) is 1. The quantitative estimate of drug-likeness (QED) is 0.673. The number of hydrogen-bond donors (Lipinski definition) is 1. The van der Waals surface area contributed by atoms with Crippen LogP contribution < -0.4 is 10.2 Å². The first-order chi connectivity index (χ1) is 9.99. The number of carbonyl (C=O) groups excluding carboxylic acids is 1. The van der Waals surface area contributed by atoms with E-state index in [1.807, 2.05) is 0 Å². The van der Waals surface area contributed by atoms with Gasteiger partial charge in [-0.25, -0.2) is 0 Å². The molecular weight excluding hydrogens is 274 g/mol. The van der Waals surface area contributed by atoms with Crippen molar-refractivity contribution in [3.8, 4) is 0 Å². The fourth-order valence-electron chi connectivity index (χ4n) is 1.89. The van der Waals surface area contributed by atoms with Crippen LogP contribution in [0.2, 0.25) is 0 Å². The van der Waals surface area contributed by atoms with Crippen LogP contribution >= 0.6 is 0 Å². The van der Waals surface area contributed by atoms with Gasteiger partial charge in [0.15, 0.2) is 0 Å². The molecule has 0 radical (unpaired) electrons. The summed E-state index contributed by atoms with van der Waals surface area (Å²) in [5.74, 6) is 0.221. The molecule has 0 fully saturated rings. The van der Waals surface area contributed by atoms with Gasteiger partial charge in [0.2, 0.25) is 0 Å². The third-order valence-corrected chi connectivity index (χ3v) is 2.92. The fourth-order valence-corrected chi connectivity index (χ4v) is 1.89. The molecule has 0 saturated carbocycles. The van der Waals surface area contributed by atoms with Crippen molar-refractivity contribution in [1.82, 2.24) is 5.32 Å². The van der Waals surface area contributed by atoms with Gasteiger partial charge in [-0.05, 0) is 18.2 Å². The Morgan fingerprint density at radius 3 is 2.71 bits per heavy atom. The smallest absolute Gasteiger partial charge is 0.270 e. The van der Waals surface area contributed by atoms with Gasteiger partial charge in [0.1, 0.15) is 5.76 Å². The molecule has 1 heterocycles. The standard InChI is InChI=1S/C14H15N3O4/c1-16(2)13-6-5-10(17(19)20)8-12(13)14(18)15-9-11-4-3-7-21-11/h3-8H,9H2,1-2H3,(H,15,18). The zero-order chi connectivity index (χ0) is 15.4. The second-order valence-electron chi connectivity index (χ2n) is 4.62. The van der Waals surface area contributed by atoms with Crippen molar-refractivity contribution in [2.75, 3.05) is 19.0 Å². The van der Waals surface area contributed by atoms with Gasteiger partial charge in [0, 0.05) is 31.9 Å². The van der Waals surface area contributed by atoms with Crippen LogP contribution in [-0.4, -0.2) is 24.9 Å². The number of carbonyl (C=O) groups is 1. The summed E-state index contributed by atoms with van der Waals surface area (Å²) < 4.78 is 5.13. The molecule has 0 saturated heterocycles. The molecule has 0 aliphatic carbocycles. The molecule has 1 aromatic carbocycles. The average Bonchev–Trinajstić information content (AvgIpc) is 2.97. The molecule has 0 aliphatic heterocycles. The van der Waals surface area contributed by atoms with Crippen molar-refractivity contribution < 1.29 is 14.1 Å². The number of amides is 1. The summed E-state index contributed by atoms with van der Waals surface area (Å²) in [4.78, 5) is 24.3. The average molecular weight is 289 g/mol. The zero-order valence-electron chi connectivity index (χ0n) is 11.7. The van der Waals surface area contributed by atoms with Gasteiger partial charge < -0.3 is 14.6 Å². The molecule has 21 heavy (non-hydrogen) atoms. The summed E-state index contributed by atoms with van der Waals surface area (Å²) in [6, 6.07) is 7.66. The summed E-state index contributed by atoms with van der Waals surface area (Å²) in [5.41, 5.74) is 0.738. The summed E-state index contributed by atoms with van der Waals surface area (Å²) in [6.45, 7) is 0.224. The lowest BCUT2D eigenvalue weighted by Crippen LogP contribution is -2.25. The van der Waals surface area contributed by atoms with Crippen molar-refractivity contribution in [3.05, 3.63) is 58.0 Å². The van der Waals surface area contributed by atoms with Gasteiger partial charge in [-0.1, -0.05) is 0 Å². The summed E-state index contributed by atoms with van der Waals surface area (Å²) in [5, 5.41) is 13.5. The van der Waals surface area contributed by atoms with Crippen LogP contribution in [0.25, 0.3) is 0 Å². The molecule has 0 aliphatic rings. The van der Waals surface area contributed by atoms with E-state index in [-0.39, 0.29) is 23.7 Å². The monoisotopic (exact) mass is 289 g/mol. The SMILES string of the molecule is CN(C)c1ccc([N+](=O)[O-])cc1C(=O)NCc1ccco1. The fraction of sp³-hybridized carbons (Fsp3) is 0.214. The lowest BCUT2D eigenvalue weighted by molar-refractivity contribution is -0.384. The molecule has 1 N–H and O–H groups in total. The molecule has 1 aromatic heterocycles. The van der Waals surface area contributed by atoms with Crippen LogP contribution in [0.15, 0.2) is 41.0 Å². The third-order valence-electron chi connectivity index (χ3n) is 2.92. The number of non-ortho nitro benzene ring substituents is 1. The largest absolute Gasteiger partial charge is 0.467 e. The first kappa shape index (κ1) is 14.6. The van der Waals surface area contributed by atoms with Crippen molar-refractivity contribution in [3.63, 3.8) is 0 Å². The highest BCUT2D eigenvalue weighted by atomic mass is 16.6. The molecule has 2 rings (SSSR count). The van der Waals surface area contributed by atoms with E-state index in [9.17, 15) is 14.9 Å². The van der Waals surface area contributed by atoms with Gasteiger partial charge in [-0.2, -0.15) is 0 Å². The van der Waals surface area contributed by atoms with Gasteiger partial charge in [0.05, 0.1) is 23.3 Å². The van der Waals surface area contributed by atoms with Gasteiger partial charge in [-0.15, -0.1) is 0 Å². The molecule has 7 heteroatoms. The van der Waals surface area contributed by atoms with Crippen LogP contribution in [0, 0.1) is 10.1 Å². The van der Waals surface area contributed by atoms with Crippen molar-refractivity contribution in [1.29, 1.82) is 0 Å². The van der Waals surface area contributed by atoms with Gasteiger partial charge >= 0.3 is 0 Å². The Bertz CT molecular complexity index is 650. The molecule has 0 unspecified atom stereocenters. The normalized spacial score (nSPS) is 10.2. The third kappa shape index (κ3) is 3.38. The zero-order valence-corrected chi connectivity index (χ0v) is 11.7. The Kier molecular flexibility index (Phi) is 4.22. The molecular formula is C14H15N3O4. The predicted molar refractivity (Wildman–Crippen MR) is 77.3 cm³/mol. The van der Waals surface area contributed by atoms with Crippen LogP contribution in [0.1, 0.15) is 16.1 Å². The Hall–Kier alpha value is -2.83. The first-order valence-electron chi connectivity index (χ1n) is 6.25. The summed E-state index contributed by atoms with van der Waals surface area (Å²) >= 11 is 0. The summed E-state index contributed by atoms with van der Waals surface area (Å²) in [7, 11) is 3.54. The first-order valence-corrected chi connectivity index (χ1v) is 6.25. The number of hydrogen-bond acceptors (Lipinski definition) is 5. The van der Waals surface area contributed by atoms with Crippen LogP contribution in [0.5, 0.6) is 0 Å². The number of furan rings is 1. The maximum atomic E-state index is 12.2.